The van der Waals surface area contributed by atoms with Gasteiger partial charge in [-0.3, -0.25) is 19.0 Å². The zero-order chi connectivity index (χ0) is 17.7. The van der Waals surface area contributed by atoms with E-state index in [1.54, 1.807) is 0 Å². The van der Waals surface area contributed by atoms with Crippen molar-refractivity contribution >= 4 is 11.9 Å². The maximum Gasteiger partial charge on any atom is 0.328 e. The molecule has 0 aliphatic rings. The van der Waals surface area contributed by atoms with Crippen molar-refractivity contribution in [3.05, 3.63) is 68.5 Å². The number of amides is 1. The Balaban J connectivity index is 2.25. The summed E-state index contributed by atoms with van der Waals surface area (Å²) in [4.78, 5) is 50.3. The molecule has 2 rings (SSSR count). The summed E-state index contributed by atoms with van der Waals surface area (Å²) >= 11 is 0. The highest BCUT2D eigenvalue weighted by atomic mass is 16.4. The van der Waals surface area contributed by atoms with Gasteiger partial charge in [0.25, 0.3) is 11.5 Å². The van der Waals surface area contributed by atoms with E-state index < -0.39 is 29.7 Å². The minimum absolute atomic E-state index is 0.136. The molecule has 0 spiro atoms. The number of nitrogens with zero attached hydrogens (tertiary/aromatic N) is 2. The van der Waals surface area contributed by atoms with E-state index in [9.17, 15) is 19.2 Å². The molecule has 2 N–H and O–H groups in total. The second-order valence-electron chi connectivity index (χ2n) is 5.23. The Morgan fingerprint density at radius 3 is 2.50 bits per heavy atom. The van der Waals surface area contributed by atoms with Crippen LogP contribution in [0.1, 0.15) is 15.9 Å². The lowest BCUT2D eigenvalue weighted by atomic mass is 10.1. The Morgan fingerprint density at radius 2 is 1.88 bits per heavy atom. The molecule has 0 radical (unpaired) electrons. The smallest absolute Gasteiger partial charge is 0.328 e. The lowest BCUT2D eigenvalue weighted by Gasteiger charge is -2.20. The SMILES string of the molecule is Cn1c(=O)[nH]cc(C(=O)N(CCc2ccccc2)CC(=O)O)c1=O. The summed E-state index contributed by atoms with van der Waals surface area (Å²) in [6, 6.07) is 9.27. The average molecular weight is 331 g/mol. The van der Waals surface area contributed by atoms with Gasteiger partial charge >= 0.3 is 11.7 Å². The highest BCUT2D eigenvalue weighted by Crippen LogP contribution is 2.04. The number of hydrogen-bond donors (Lipinski definition) is 2. The summed E-state index contributed by atoms with van der Waals surface area (Å²) < 4.78 is 0.767. The van der Waals surface area contributed by atoms with Gasteiger partial charge in [-0.2, -0.15) is 0 Å². The van der Waals surface area contributed by atoms with Crippen LogP contribution in [0.25, 0.3) is 0 Å². The van der Waals surface area contributed by atoms with E-state index in [1.165, 1.54) is 7.05 Å². The Labute approximate surface area is 137 Å². The van der Waals surface area contributed by atoms with Gasteiger partial charge < -0.3 is 15.0 Å². The van der Waals surface area contributed by atoms with Crippen LogP contribution in [0, 0.1) is 0 Å². The number of aromatic nitrogens is 2. The van der Waals surface area contributed by atoms with Crippen molar-refractivity contribution in [1.29, 1.82) is 0 Å². The highest BCUT2D eigenvalue weighted by molar-refractivity contribution is 5.95. The number of carboxylic acids is 1. The fourth-order valence-electron chi connectivity index (χ4n) is 2.21. The second-order valence-corrected chi connectivity index (χ2v) is 5.23. The summed E-state index contributed by atoms with van der Waals surface area (Å²) in [6.07, 6.45) is 1.47. The van der Waals surface area contributed by atoms with Crippen molar-refractivity contribution in [1.82, 2.24) is 14.5 Å². The molecule has 126 valence electrons. The molecular formula is C16H17N3O5. The van der Waals surface area contributed by atoms with Gasteiger partial charge in [0.2, 0.25) is 0 Å². The molecule has 24 heavy (non-hydrogen) atoms. The van der Waals surface area contributed by atoms with Crippen LogP contribution in [0.15, 0.2) is 46.1 Å². The van der Waals surface area contributed by atoms with E-state index in [4.69, 9.17) is 5.11 Å². The molecule has 0 saturated carbocycles. The second kappa shape index (κ2) is 7.40. The Hall–Kier alpha value is -3.16. The van der Waals surface area contributed by atoms with Crippen LogP contribution in [0.4, 0.5) is 0 Å². The van der Waals surface area contributed by atoms with E-state index in [-0.39, 0.29) is 12.1 Å². The van der Waals surface area contributed by atoms with Gasteiger partial charge in [0.1, 0.15) is 12.1 Å². The number of nitrogens with one attached hydrogen (secondary N) is 1. The zero-order valence-corrected chi connectivity index (χ0v) is 13.1. The monoisotopic (exact) mass is 331 g/mol. The molecule has 0 aliphatic carbocycles. The molecule has 0 fully saturated rings. The van der Waals surface area contributed by atoms with Gasteiger partial charge in [0, 0.05) is 19.8 Å². The predicted molar refractivity (Wildman–Crippen MR) is 86.0 cm³/mol. The van der Waals surface area contributed by atoms with Gasteiger partial charge in [0.15, 0.2) is 0 Å². The molecule has 1 aromatic carbocycles. The van der Waals surface area contributed by atoms with Crippen LogP contribution in [0.5, 0.6) is 0 Å². The summed E-state index contributed by atoms with van der Waals surface area (Å²) in [7, 11) is 1.24. The lowest BCUT2D eigenvalue weighted by molar-refractivity contribution is -0.137. The topological polar surface area (TPSA) is 112 Å². The number of H-pyrrole nitrogens is 1. The van der Waals surface area contributed by atoms with Crippen LogP contribution in [0.3, 0.4) is 0 Å². The lowest BCUT2D eigenvalue weighted by Crippen LogP contribution is -2.43. The molecule has 8 nitrogen and oxygen atoms in total. The van der Waals surface area contributed by atoms with E-state index in [0.717, 1.165) is 21.2 Å². The predicted octanol–water partition coefficient (Wildman–Crippen LogP) is -0.157. The van der Waals surface area contributed by atoms with Crippen LogP contribution >= 0.6 is 0 Å². The standard InChI is InChI=1S/C16H17N3O5/c1-18-14(22)12(9-17-16(18)24)15(23)19(10-13(20)21)8-7-11-5-3-2-4-6-11/h2-6,9H,7-8,10H2,1H3,(H,17,24)(H,20,21). The van der Waals surface area contributed by atoms with Crippen molar-refractivity contribution < 1.29 is 14.7 Å². The number of benzene rings is 1. The maximum absolute atomic E-state index is 12.5. The first-order valence-corrected chi connectivity index (χ1v) is 7.24. The van der Waals surface area contributed by atoms with Crippen molar-refractivity contribution in [3.63, 3.8) is 0 Å². The van der Waals surface area contributed by atoms with Crippen LogP contribution in [-0.2, 0) is 18.3 Å². The fourth-order valence-corrected chi connectivity index (χ4v) is 2.21. The fraction of sp³-hybridized carbons (Fsp3) is 0.250. The van der Waals surface area contributed by atoms with Gasteiger partial charge in [-0.05, 0) is 12.0 Å². The van der Waals surface area contributed by atoms with Crippen molar-refractivity contribution in [2.24, 2.45) is 7.05 Å². The van der Waals surface area contributed by atoms with Gasteiger partial charge in [0.05, 0.1) is 0 Å². The third-order valence-electron chi connectivity index (χ3n) is 3.54. The Morgan fingerprint density at radius 1 is 1.21 bits per heavy atom. The van der Waals surface area contributed by atoms with Crippen LogP contribution in [0.2, 0.25) is 0 Å². The van der Waals surface area contributed by atoms with Crippen LogP contribution in [-0.4, -0.2) is 44.5 Å². The quantitative estimate of drug-likeness (QED) is 0.764. The van der Waals surface area contributed by atoms with Crippen LogP contribution < -0.4 is 11.2 Å². The van der Waals surface area contributed by atoms with Gasteiger partial charge in [-0.15, -0.1) is 0 Å². The molecule has 1 amide bonds. The van der Waals surface area contributed by atoms with E-state index in [0.29, 0.717) is 6.42 Å². The van der Waals surface area contributed by atoms with Gasteiger partial charge in [-0.25, -0.2) is 4.79 Å². The Kier molecular flexibility index (Phi) is 5.31. The summed E-state index contributed by atoms with van der Waals surface area (Å²) in [5.74, 6) is -1.91. The van der Waals surface area contributed by atoms with Crippen molar-refractivity contribution in [2.45, 2.75) is 6.42 Å². The molecule has 2 aromatic rings. The maximum atomic E-state index is 12.5. The third-order valence-corrected chi connectivity index (χ3v) is 3.54. The molecule has 1 aromatic heterocycles. The molecule has 0 saturated heterocycles. The number of carboxylic acid groups (broad SMARTS) is 1. The first kappa shape index (κ1) is 17.2. The molecular weight excluding hydrogens is 314 g/mol. The normalized spacial score (nSPS) is 10.4. The summed E-state index contributed by atoms with van der Waals surface area (Å²) in [5.41, 5.74) is -0.744. The average Bonchev–Trinajstić information content (AvgIpc) is 2.56. The number of aromatic amines is 1. The van der Waals surface area contributed by atoms with Gasteiger partial charge in [-0.1, -0.05) is 30.3 Å². The zero-order valence-electron chi connectivity index (χ0n) is 13.1. The molecule has 0 unspecified atom stereocenters. The molecule has 1 heterocycles. The number of rotatable bonds is 6. The third kappa shape index (κ3) is 3.97. The number of carbonyl (C=O) groups is 2. The highest BCUT2D eigenvalue weighted by Gasteiger charge is 2.22. The van der Waals surface area contributed by atoms with E-state index in [1.807, 2.05) is 30.3 Å². The molecule has 8 heteroatoms. The largest absolute Gasteiger partial charge is 0.480 e. The van der Waals surface area contributed by atoms with E-state index in [2.05, 4.69) is 4.98 Å². The molecule has 0 bridgehead atoms. The molecule has 0 atom stereocenters. The first-order chi connectivity index (χ1) is 11.4. The van der Waals surface area contributed by atoms with E-state index >= 15 is 0 Å². The summed E-state index contributed by atoms with van der Waals surface area (Å²) in [5, 5.41) is 9.01. The minimum atomic E-state index is -1.18. The minimum Gasteiger partial charge on any atom is -0.480 e. The number of carbonyl (C=O) groups excluding carboxylic acids is 1. The first-order valence-electron chi connectivity index (χ1n) is 7.24. The van der Waals surface area contributed by atoms with Crippen molar-refractivity contribution in [2.75, 3.05) is 13.1 Å². The summed E-state index contributed by atoms with van der Waals surface area (Å²) in [6.45, 7) is -0.397. The Bertz CT molecular complexity index is 854. The molecule has 0 aliphatic heterocycles. The number of aliphatic carboxylic acids is 1. The van der Waals surface area contributed by atoms with Crippen molar-refractivity contribution in [3.8, 4) is 0 Å². The number of hydrogen-bond acceptors (Lipinski definition) is 4.